The molecule has 2 fully saturated rings. The second kappa shape index (κ2) is 8.47. The molecule has 2 aliphatic rings. The molecule has 35 heavy (non-hydrogen) atoms. The highest BCUT2D eigenvalue weighted by Gasteiger charge is 2.46. The Balaban J connectivity index is 1.34. The van der Waals surface area contributed by atoms with Crippen LogP contribution in [0.25, 0.3) is 16.8 Å². The standard InChI is InChI=1S/C26H28N8O/c1-17-24(31-32-34(17)21-12-26(13-21)6-9-28-10-7-26)19-11-23(25-20(14-27)15-30-33(25)16-19)35-18(2)22-5-3-4-8-29-22/h3-5,8,11,15-16,18,21,28H,6-7,9-10,12-13H2,1-2H3/t18-/m1/s1. The van der Waals surface area contributed by atoms with Crippen molar-refractivity contribution in [3.05, 3.63) is 59.8 Å². The number of ether oxygens (including phenoxy) is 1. The second-order valence-electron chi connectivity index (χ2n) is 9.85. The normalized spacial score (nSPS) is 18.3. The molecule has 9 heteroatoms. The van der Waals surface area contributed by atoms with E-state index in [4.69, 9.17) is 4.74 Å². The maximum atomic E-state index is 9.63. The summed E-state index contributed by atoms with van der Waals surface area (Å²) in [5.41, 5.74) is 5.08. The largest absolute Gasteiger partial charge is 0.482 e. The van der Waals surface area contributed by atoms with Gasteiger partial charge in [0.2, 0.25) is 0 Å². The summed E-state index contributed by atoms with van der Waals surface area (Å²) in [7, 11) is 0. The predicted octanol–water partition coefficient (Wildman–Crippen LogP) is 4.01. The molecule has 1 aliphatic carbocycles. The minimum atomic E-state index is -0.301. The van der Waals surface area contributed by atoms with Crippen molar-refractivity contribution in [3.63, 3.8) is 0 Å². The fraction of sp³-hybridized carbons (Fsp3) is 0.423. The average molecular weight is 469 g/mol. The van der Waals surface area contributed by atoms with Gasteiger partial charge in [0.1, 0.15) is 34.7 Å². The Bertz CT molecular complexity index is 1400. The Labute approximate surface area is 203 Å². The fourth-order valence-electron chi connectivity index (χ4n) is 5.69. The molecular formula is C26H28N8O. The highest BCUT2D eigenvalue weighted by molar-refractivity contribution is 5.74. The Morgan fingerprint density at radius 1 is 1.26 bits per heavy atom. The first-order chi connectivity index (χ1) is 17.1. The first-order valence-electron chi connectivity index (χ1n) is 12.2. The first-order valence-corrected chi connectivity index (χ1v) is 12.2. The van der Waals surface area contributed by atoms with E-state index < -0.39 is 0 Å². The van der Waals surface area contributed by atoms with Gasteiger partial charge in [-0.2, -0.15) is 10.4 Å². The number of pyridine rings is 2. The maximum absolute atomic E-state index is 9.63. The highest BCUT2D eigenvalue weighted by atomic mass is 16.5. The number of hydrogen-bond acceptors (Lipinski definition) is 7. The summed E-state index contributed by atoms with van der Waals surface area (Å²) in [5, 5.41) is 26.6. The van der Waals surface area contributed by atoms with Crippen LogP contribution in [0.5, 0.6) is 5.75 Å². The van der Waals surface area contributed by atoms with E-state index in [1.54, 1.807) is 16.9 Å². The number of hydrogen-bond donors (Lipinski definition) is 1. The molecule has 0 amide bonds. The summed E-state index contributed by atoms with van der Waals surface area (Å²) in [5.74, 6) is 0.570. The second-order valence-corrected chi connectivity index (χ2v) is 9.85. The van der Waals surface area contributed by atoms with Crippen molar-refractivity contribution < 1.29 is 4.74 Å². The highest BCUT2D eigenvalue weighted by Crippen LogP contribution is 2.54. The monoisotopic (exact) mass is 468 g/mol. The zero-order chi connectivity index (χ0) is 24.0. The third kappa shape index (κ3) is 3.74. The van der Waals surface area contributed by atoms with Gasteiger partial charge >= 0.3 is 0 Å². The molecule has 0 radical (unpaired) electrons. The van der Waals surface area contributed by atoms with E-state index in [1.807, 2.05) is 37.4 Å². The number of rotatable bonds is 5. The van der Waals surface area contributed by atoms with Gasteiger partial charge in [-0.25, -0.2) is 9.20 Å². The van der Waals surface area contributed by atoms with E-state index in [2.05, 4.69) is 43.4 Å². The molecule has 6 rings (SSSR count). The van der Waals surface area contributed by atoms with Crippen LogP contribution in [0.4, 0.5) is 0 Å². The number of piperidine rings is 1. The van der Waals surface area contributed by atoms with Crippen LogP contribution in [0.1, 0.15) is 61.7 Å². The van der Waals surface area contributed by atoms with E-state index in [-0.39, 0.29) is 6.10 Å². The van der Waals surface area contributed by atoms with Crippen LogP contribution in [0.3, 0.4) is 0 Å². The number of aromatic nitrogens is 6. The molecule has 1 saturated carbocycles. The summed E-state index contributed by atoms with van der Waals surface area (Å²) < 4.78 is 10.1. The topological polar surface area (TPSA) is 106 Å². The Kier molecular flexibility index (Phi) is 5.26. The molecule has 9 nitrogen and oxygen atoms in total. The van der Waals surface area contributed by atoms with E-state index in [1.165, 1.54) is 12.8 Å². The van der Waals surface area contributed by atoms with Crippen LogP contribution in [-0.4, -0.2) is 42.7 Å². The lowest BCUT2D eigenvalue weighted by Crippen LogP contribution is -2.46. The zero-order valence-electron chi connectivity index (χ0n) is 20.0. The molecule has 5 heterocycles. The van der Waals surface area contributed by atoms with Crippen molar-refractivity contribution in [2.24, 2.45) is 5.41 Å². The lowest BCUT2D eigenvalue weighted by atomic mass is 9.60. The van der Waals surface area contributed by atoms with Crippen molar-refractivity contribution >= 4 is 5.52 Å². The van der Waals surface area contributed by atoms with E-state index in [0.717, 1.165) is 48.6 Å². The van der Waals surface area contributed by atoms with Gasteiger partial charge in [-0.3, -0.25) is 4.98 Å². The SMILES string of the molecule is Cc1c(-c2cc(O[C@H](C)c3ccccn3)c3c(C#N)cnn3c2)nnn1C1CC2(CCNCC2)C1. The van der Waals surface area contributed by atoms with Gasteiger partial charge in [-0.05, 0) is 76.2 Å². The number of nitriles is 1. The van der Waals surface area contributed by atoms with Crippen LogP contribution in [0.15, 0.2) is 42.9 Å². The van der Waals surface area contributed by atoms with Gasteiger partial charge in [-0.15, -0.1) is 5.10 Å². The van der Waals surface area contributed by atoms with Crippen molar-refractivity contribution in [1.29, 1.82) is 5.26 Å². The molecule has 0 bridgehead atoms. The molecule has 1 saturated heterocycles. The Hall–Kier alpha value is -3.77. The summed E-state index contributed by atoms with van der Waals surface area (Å²) in [6, 6.07) is 10.3. The molecule has 1 atom stereocenters. The minimum Gasteiger partial charge on any atom is -0.482 e. The number of fused-ring (bicyclic) bond motifs is 1. The van der Waals surface area contributed by atoms with E-state index in [0.29, 0.717) is 28.3 Å². The summed E-state index contributed by atoms with van der Waals surface area (Å²) >= 11 is 0. The Morgan fingerprint density at radius 3 is 2.83 bits per heavy atom. The van der Waals surface area contributed by atoms with Gasteiger partial charge in [0.15, 0.2) is 0 Å². The zero-order valence-corrected chi connectivity index (χ0v) is 20.0. The first kappa shape index (κ1) is 21.7. The lowest BCUT2D eigenvalue weighted by molar-refractivity contribution is 0.0212. The van der Waals surface area contributed by atoms with Gasteiger partial charge < -0.3 is 10.1 Å². The van der Waals surface area contributed by atoms with Crippen molar-refractivity contribution in [2.45, 2.75) is 51.7 Å². The van der Waals surface area contributed by atoms with Gasteiger partial charge in [0.05, 0.1) is 23.6 Å². The van der Waals surface area contributed by atoms with E-state index in [9.17, 15) is 5.26 Å². The van der Waals surface area contributed by atoms with Crippen LogP contribution >= 0.6 is 0 Å². The molecule has 4 aromatic rings. The van der Waals surface area contributed by atoms with Crippen LogP contribution in [0, 0.1) is 23.7 Å². The quantitative estimate of drug-likeness (QED) is 0.472. The smallest absolute Gasteiger partial charge is 0.148 e. The lowest BCUT2D eigenvalue weighted by Gasteiger charge is -2.50. The average Bonchev–Trinajstić information content (AvgIpc) is 3.46. The summed E-state index contributed by atoms with van der Waals surface area (Å²) in [6.45, 7) is 6.25. The summed E-state index contributed by atoms with van der Waals surface area (Å²) in [6.07, 6.45) is 9.73. The summed E-state index contributed by atoms with van der Waals surface area (Å²) in [4.78, 5) is 4.41. The maximum Gasteiger partial charge on any atom is 0.148 e. The fourth-order valence-corrected chi connectivity index (χ4v) is 5.69. The molecule has 1 aliphatic heterocycles. The van der Waals surface area contributed by atoms with Gasteiger partial charge in [0.25, 0.3) is 0 Å². The molecule has 0 aromatic carbocycles. The van der Waals surface area contributed by atoms with Crippen molar-refractivity contribution in [3.8, 4) is 23.1 Å². The third-order valence-corrected chi connectivity index (χ3v) is 7.65. The molecular weight excluding hydrogens is 440 g/mol. The van der Waals surface area contributed by atoms with Crippen LogP contribution < -0.4 is 10.1 Å². The Morgan fingerprint density at radius 2 is 2.09 bits per heavy atom. The van der Waals surface area contributed by atoms with Gasteiger partial charge in [0, 0.05) is 18.0 Å². The van der Waals surface area contributed by atoms with Crippen LogP contribution in [0.2, 0.25) is 0 Å². The van der Waals surface area contributed by atoms with Gasteiger partial charge in [-0.1, -0.05) is 11.3 Å². The predicted molar refractivity (Wildman–Crippen MR) is 130 cm³/mol. The molecule has 4 aromatic heterocycles. The molecule has 1 N–H and O–H groups in total. The van der Waals surface area contributed by atoms with E-state index >= 15 is 0 Å². The molecule has 178 valence electrons. The van der Waals surface area contributed by atoms with Crippen molar-refractivity contribution in [2.75, 3.05) is 13.1 Å². The van der Waals surface area contributed by atoms with Crippen molar-refractivity contribution in [1.82, 2.24) is 34.9 Å². The minimum absolute atomic E-state index is 0.301. The van der Waals surface area contributed by atoms with Crippen LogP contribution in [-0.2, 0) is 0 Å². The molecule has 1 spiro atoms. The number of nitrogens with zero attached hydrogens (tertiary/aromatic N) is 7. The number of nitrogens with one attached hydrogen (secondary N) is 1. The molecule has 0 unspecified atom stereocenters. The third-order valence-electron chi connectivity index (χ3n) is 7.65.